The molecule has 0 aliphatic carbocycles. The minimum absolute atomic E-state index is 0.229. The van der Waals surface area contributed by atoms with Gasteiger partial charge in [0.25, 0.3) is 0 Å². The van der Waals surface area contributed by atoms with E-state index >= 15 is 0 Å². The van der Waals surface area contributed by atoms with Crippen molar-refractivity contribution in [1.82, 2.24) is 0 Å². The zero-order valence-corrected chi connectivity index (χ0v) is 12.2. The van der Waals surface area contributed by atoms with Crippen LogP contribution in [0.3, 0.4) is 0 Å². The van der Waals surface area contributed by atoms with E-state index in [0.29, 0.717) is 0 Å². The van der Waals surface area contributed by atoms with E-state index < -0.39 is 0 Å². The van der Waals surface area contributed by atoms with Crippen molar-refractivity contribution in [3.63, 3.8) is 0 Å². The fourth-order valence-corrected chi connectivity index (χ4v) is 4.17. The van der Waals surface area contributed by atoms with Gasteiger partial charge in [-0.2, -0.15) is 0 Å². The second kappa shape index (κ2) is 7.29. The first-order valence-corrected chi connectivity index (χ1v) is 8.03. The fraction of sp³-hybridized carbons (Fsp3) is 0.571. The van der Waals surface area contributed by atoms with Gasteiger partial charge in [0.15, 0.2) is 0 Å². The van der Waals surface area contributed by atoms with Gasteiger partial charge in [0.2, 0.25) is 0 Å². The molecule has 2 heteroatoms. The highest BCUT2D eigenvalue weighted by atomic mass is 32.2. The number of benzene rings is 1. The molecule has 0 saturated heterocycles. The summed E-state index contributed by atoms with van der Waals surface area (Å²) in [6.07, 6.45) is 2.50. The van der Waals surface area contributed by atoms with Crippen molar-refractivity contribution >= 4 is 23.5 Å². The summed E-state index contributed by atoms with van der Waals surface area (Å²) in [5, 5.41) is 0. The third kappa shape index (κ3) is 4.06. The fourth-order valence-electron chi connectivity index (χ4n) is 1.54. The molecular weight excluding hydrogens is 232 g/mol. The van der Waals surface area contributed by atoms with Crippen molar-refractivity contribution in [3.8, 4) is 0 Å². The SMILES string of the molecule is CCCSC(C)(SCCC)c1ccccc1. The number of rotatable bonds is 7. The van der Waals surface area contributed by atoms with Crippen molar-refractivity contribution < 1.29 is 0 Å². The van der Waals surface area contributed by atoms with E-state index in [1.807, 2.05) is 0 Å². The number of thioether (sulfide) groups is 2. The lowest BCUT2D eigenvalue weighted by molar-refractivity contribution is 0.982. The van der Waals surface area contributed by atoms with Crippen LogP contribution in [0.25, 0.3) is 0 Å². The third-order valence-corrected chi connectivity index (χ3v) is 5.97. The van der Waals surface area contributed by atoms with E-state index in [1.165, 1.54) is 29.9 Å². The average Bonchev–Trinajstić information content (AvgIpc) is 2.35. The Bertz CT molecular complexity index is 274. The van der Waals surface area contributed by atoms with Gasteiger partial charge < -0.3 is 0 Å². The van der Waals surface area contributed by atoms with Gasteiger partial charge in [-0.05, 0) is 36.8 Å². The largest absolute Gasteiger partial charge is 0.140 e. The Labute approximate surface area is 109 Å². The first-order valence-electron chi connectivity index (χ1n) is 6.06. The minimum atomic E-state index is 0.229. The molecule has 90 valence electrons. The van der Waals surface area contributed by atoms with Crippen molar-refractivity contribution in [2.75, 3.05) is 11.5 Å². The predicted octanol–water partition coefficient (Wildman–Crippen LogP) is 5.15. The lowest BCUT2D eigenvalue weighted by atomic mass is 10.2. The van der Waals surface area contributed by atoms with Crippen molar-refractivity contribution in [1.29, 1.82) is 0 Å². The number of hydrogen-bond donors (Lipinski definition) is 0. The molecule has 0 aliphatic heterocycles. The zero-order valence-electron chi connectivity index (χ0n) is 10.5. The molecule has 1 aromatic rings. The van der Waals surface area contributed by atoms with Crippen LogP contribution in [-0.4, -0.2) is 11.5 Å². The molecule has 0 fully saturated rings. The van der Waals surface area contributed by atoms with Crippen LogP contribution in [0.5, 0.6) is 0 Å². The predicted molar refractivity (Wildman–Crippen MR) is 79.3 cm³/mol. The van der Waals surface area contributed by atoms with E-state index in [4.69, 9.17) is 0 Å². The van der Waals surface area contributed by atoms with Gasteiger partial charge in [-0.1, -0.05) is 44.2 Å². The van der Waals surface area contributed by atoms with Crippen LogP contribution in [0.4, 0.5) is 0 Å². The summed E-state index contributed by atoms with van der Waals surface area (Å²) in [7, 11) is 0. The van der Waals surface area contributed by atoms with Gasteiger partial charge >= 0.3 is 0 Å². The molecule has 16 heavy (non-hydrogen) atoms. The molecule has 0 nitrogen and oxygen atoms in total. The highest BCUT2D eigenvalue weighted by Crippen LogP contribution is 2.46. The summed E-state index contributed by atoms with van der Waals surface area (Å²) in [5.41, 5.74) is 1.45. The van der Waals surface area contributed by atoms with Crippen molar-refractivity contribution in [2.45, 2.75) is 37.7 Å². The van der Waals surface area contributed by atoms with Gasteiger partial charge in [0, 0.05) is 0 Å². The van der Waals surface area contributed by atoms with Crippen LogP contribution >= 0.6 is 23.5 Å². The lowest BCUT2D eigenvalue weighted by Gasteiger charge is -2.29. The van der Waals surface area contributed by atoms with Crippen LogP contribution in [0.15, 0.2) is 30.3 Å². The highest BCUT2D eigenvalue weighted by molar-refractivity contribution is 8.17. The molecule has 0 aliphatic rings. The zero-order chi connectivity index (χ0) is 11.9. The maximum Gasteiger partial charge on any atom is 0.0832 e. The Morgan fingerprint density at radius 1 is 0.938 bits per heavy atom. The Balaban J connectivity index is 2.77. The summed E-state index contributed by atoms with van der Waals surface area (Å²) in [6.45, 7) is 6.87. The standard InChI is InChI=1S/C14H22S2/c1-4-11-15-14(3,16-12-5-2)13-9-7-6-8-10-13/h6-10H,4-5,11-12H2,1-3H3. The molecule has 0 unspecified atom stereocenters. The Hall–Kier alpha value is -0.0800. The third-order valence-electron chi connectivity index (χ3n) is 2.46. The van der Waals surface area contributed by atoms with Crippen LogP contribution in [0.1, 0.15) is 39.2 Å². The molecule has 0 N–H and O–H groups in total. The molecule has 0 spiro atoms. The first-order chi connectivity index (χ1) is 7.73. The van der Waals surface area contributed by atoms with Gasteiger partial charge in [-0.15, -0.1) is 23.5 Å². The van der Waals surface area contributed by atoms with Crippen LogP contribution in [-0.2, 0) is 4.08 Å². The molecule has 0 radical (unpaired) electrons. The van der Waals surface area contributed by atoms with Crippen LogP contribution in [0, 0.1) is 0 Å². The van der Waals surface area contributed by atoms with Gasteiger partial charge in [0.05, 0.1) is 4.08 Å². The summed E-state index contributed by atoms with van der Waals surface area (Å²) in [5.74, 6) is 2.48. The number of hydrogen-bond acceptors (Lipinski definition) is 2. The average molecular weight is 254 g/mol. The molecule has 0 heterocycles. The second-order valence-electron chi connectivity index (χ2n) is 4.01. The van der Waals surface area contributed by atoms with E-state index in [9.17, 15) is 0 Å². The Morgan fingerprint density at radius 3 is 1.88 bits per heavy atom. The maximum absolute atomic E-state index is 2.36. The molecule has 0 saturated carbocycles. The Morgan fingerprint density at radius 2 is 1.44 bits per heavy atom. The minimum Gasteiger partial charge on any atom is -0.140 e. The van der Waals surface area contributed by atoms with Crippen LogP contribution < -0.4 is 0 Å². The molecule has 1 aromatic carbocycles. The topological polar surface area (TPSA) is 0 Å². The molecule has 1 rings (SSSR count). The highest BCUT2D eigenvalue weighted by Gasteiger charge is 2.26. The summed E-state index contributed by atoms with van der Waals surface area (Å²) < 4.78 is 0.229. The molecular formula is C14H22S2. The molecule has 0 amide bonds. The summed E-state index contributed by atoms with van der Waals surface area (Å²) in [4.78, 5) is 0. The van der Waals surface area contributed by atoms with Gasteiger partial charge in [0.1, 0.15) is 0 Å². The van der Waals surface area contributed by atoms with E-state index in [0.717, 1.165) is 0 Å². The normalized spacial score (nSPS) is 11.7. The van der Waals surface area contributed by atoms with Gasteiger partial charge in [-0.3, -0.25) is 0 Å². The van der Waals surface area contributed by atoms with E-state index in [1.54, 1.807) is 0 Å². The molecule has 0 atom stereocenters. The first kappa shape index (κ1) is 14.0. The van der Waals surface area contributed by atoms with Crippen molar-refractivity contribution in [3.05, 3.63) is 35.9 Å². The summed E-state index contributed by atoms with van der Waals surface area (Å²) in [6, 6.07) is 10.9. The quantitative estimate of drug-likeness (QED) is 0.617. The lowest BCUT2D eigenvalue weighted by Crippen LogP contribution is -2.14. The summed E-state index contributed by atoms with van der Waals surface area (Å²) >= 11 is 4.16. The van der Waals surface area contributed by atoms with E-state index in [-0.39, 0.29) is 4.08 Å². The van der Waals surface area contributed by atoms with Crippen molar-refractivity contribution in [2.24, 2.45) is 0 Å². The Kier molecular flexibility index (Phi) is 6.37. The smallest absolute Gasteiger partial charge is 0.0832 e. The monoisotopic (exact) mass is 254 g/mol. The van der Waals surface area contributed by atoms with E-state index in [2.05, 4.69) is 74.6 Å². The second-order valence-corrected chi connectivity index (χ2v) is 7.29. The molecule has 0 bridgehead atoms. The maximum atomic E-state index is 2.36. The van der Waals surface area contributed by atoms with Gasteiger partial charge in [-0.25, -0.2) is 0 Å². The molecule has 0 aromatic heterocycles. The van der Waals surface area contributed by atoms with Crippen LogP contribution in [0.2, 0.25) is 0 Å².